The van der Waals surface area contributed by atoms with Crippen LogP contribution in [0.4, 0.5) is 0 Å². The van der Waals surface area contributed by atoms with E-state index in [4.69, 9.17) is 9.47 Å². The summed E-state index contributed by atoms with van der Waals surface area (Å²) in [4.78, 5) is 15.6. The Morgan fingerprint density at radius 2 is 1.82 bits per heavy atom. The van der Waals surface area contributed by atoms with Crippen LogP contribution >= 0.6 is 0 Å². The molecule has 2 heterocycles. The number of hydrogen-bond acceptors (Lipinski definition) is 4. The maximum atomic E-state index is 13.2. The minimum Gasteiger partial charge on any atom is -0.486 e. The first-order valence-electron chi connectivity index (χ1n) is 12.5. The molecule has 0 radical (unpaired) electrons. The summed E-state index contributed by atoms with van der Waals surface area (Å²) in [7, 11) is 0. The van der Waals surface area contributed by atoms with Crippen molar-refractivity contribution in [1.82, 2.24) is 10.2 Å². The molecule has 0 bridgehead atoms. The molecule has 34 heavy (non-hydrogen) atoms. The van der Waals surface area contributed by atoms with E-state index in [1.165, 1.54) is 18.4 Å². The molecule has 1 aliphatic carbocycles. The summed E-state index contributed by atoms with van der Waals surface area (Å²) in [6, 6.07) is 14.1. The quantitative estimate of drug-likeness (QED) is 0.643. The molecule has 1 fully saturated rings. The SMILES string of the molecule is CC1C=CC(c2ccc(C(=O)NC(Cc3ccc4c(c3)OCCO4)CN3CCCC3)cc2)=CC1. The van der Waals surface area contributed by atoms with Gasteiger partial charge >= 0.3 is 0 Å². The van der Waals surface area contributed by atoms with Crippen molar-refractivity contribution < 1.29 is 14.3 Å². The van der Waals surface area contributed by atoms with Gasteiger partial charge in [0.15, 0.2) is 11.5 Å². The standard InChI is InChI=1S/C29H34N2O3/c1-21-4-7-23(8-5-21)24-9-11-25(12-10-24)29(32)30-26(20-31-14-2-3-15-31)18-22-6-13-27-28(19-22)34-17-16-33-27/h4,6-13,19,21,26H,2-3,5,14-18,20H2,1H3,(H,30,32). The number of ether oxygens (including phenoxy) is 2. The molecule has 5 rings (SSSR count). The van der Waals surface area contributed by atoms with Crippen LogP contribution in [0, 0.1) is 5.92 Å². The molecule has 0 spiro atoms. The Hall–Kier alpha value is -3.05. The van der Waals surface area contributed by atoms with Crippen LogP contribution < -0.4 is 14.8 Å². The molecule has 2 unspecified atom stereocenters. The number of amides is 1. The number of rotatable bonds is 7. The number of hydrogen-bond donors (Lipinski definition) is 1. The fraction of sp³-hybridized carbons (Fsp3) is 0.414. The molecule has 1 N–H and O–H groups in total. The zero-order chi connectivity index (χ0) is 23.3. The number of carbonyl (C=O) groups is 1. The first kappa shape index (κ1) is 22.7. The van der Waals surface area contributed by atoms with E-state index in [2.05, 4.69) is 59.6 Å². The lowest BCUT2D eigenvalue weighted by molar-refractivity contribution is 0.0927. The minimum atomic E-state index is -0.0184. The Morgan fingerprint density at radius 3 is 2.56 bits per heavy atom. The maximum absolute atomic E-state index is 13.2. The largest absolute Gasteiger partial charge is 0.486 e. The van der Waals surface area contributed by atoms with Crippen LogP contribution in [0.15, 0.2) is 60.7 Å². The van der Waals surface area contributed by atoms with Gasteiger partial charge in [0, 0.05) is 18.2 Å². The fourth-order valence-electron chi connectivity index (χ4n) is 4.96. The Balaban J connectivity index is 1.27. The highest BCUT2D eigenvalue weighted by Crippen LogP contribution is 2.31. The second-order valence-electron chi connectivity index (χ2n) is 9.67. The van der Waals surface area contributed by atoms with Gasteiger partial charge in [-0.15, -0.1) is 0 Å². The Bertz CT molecular complexity index is 1070. The minimum absolute atomic E-state index is 0.0184. The van der Waals surface area contributed by atoms with Gasteiger partial charge in [-0.3, -0.25) is 4.79 Å². The van der Waals surface area contributed by atoms with Crippen molar-refractivity contribution in [2.75, 3.05) is 32.8 Å². The van der Waals surface area contributed by atoms with Gasteiger partial charge in [0.2, 0.25) is 0 Å². The number of nitrogens with zero attached hydrogens (tertiary/aromatic N) is 1. The predicted molar refractivity (Wildman–Crippen MR) is 135 cm³/mol. The molecule has 178 valence electrons. The molecule has 0 aromatic heterocycles. The Morgan fingerprint density at radius 1 is 1.06 bits per heavy atom. The van der Waals surface area contributed by atoms with Gasteiger partial charge in [0.05, 0.1) is 0 Å². The van der Waals surface area contributed by atoms with Crippen LogP contribution in [0.1, 0.15) is 47.7 Å². The summed E-state index contributed by atoms with van der Waals surface area (Å²) in [5, 5.41) is 3.31. The van der Waals surface area contributed by atoms with Gasteiger partial charge in [-0.2, -0.15) is 0 Å². The topological polar surface area (TPSA) is 50.8 Å². The Labute approximate surface area is 202 Å². The third kappa shape index (κ3) is 5.53. The summed E-state index contributed by atoms with van der Waals surface area (Å²) >= 11 is 0. The summed E-state index contributed by atoms with van der Waals surface area (Å²) in [6.45, 7) is 6.44. The molecule has 2 atom stereocenters. The van der Waals surface area contributed by atoms with Crippen LogP contribution in [-0.2, 0) is 6.42 Å². The van der Waals surface area contributed by atoms with Gasteiger partial charge < -0.3 is 19.7 Å². The second kappa shape index (κ2) is 10.5. The van der Waals surface area contributed by atoms with Gasteiger partial charge in [-0.25, -0.2) is 0 Å². The van der Waals surface area contributed by atoms with Crippen molar-refractivity contribution in [2.24, 2.45) is 5.92 Å². The summed E-state index contributed by atoms with van der Waals surface area (Å²) < 4.78 is 11.4. The van der Waals surface area contributed by atoms with Crippen molar-refractivity contribution >= 4 is 11.5 Å². The first-order valence-corrected chi connectivity index (χ1v) is 12.5. The van der Waals surface area contributed by atoms with Crippen LogP contribution in [0.2, 0.25) is 0 Å². The van der Waals surface area contributed by atoms with E-state index < -0.39 is 0 Å². The number of allylic oxidation sites excluding steroid dienone is 4. The maximum Gasteiger partial charge on any atom is 0.251 e. The molecule has 1 saturated heterocycles. The van der Waals surface area contributed by atoms with Crippen molar-refractivity contribution in [3.63, 3.8) is 0 Å². The van der Waals surface area contributed by atoms with E-state index in [0.717, 1.165) is 55.1 Å². The van der Waals surface area contributed by atoms with E-state index in [9.17, 15) is 4.79 Å². The van der Waals surface area contributed by atoms with Crippen molar-refractivity contribution in [2.45, 2.75) is 38.6 Å². The number of carbonyl (C=O) groups excluding carboxylic acids is 1. The van der Waals surface area contributed by atoms with Gasteiger partial charge in [-0.05, 0) is 85.7 Å². The van der Waals surface area contributed by atoms with Crippen molar-refractivity contribution in [3.05, 3.63) is 77.4 Å². The third-order valence-electron chi connectivity index (χ3n) is 6.90. The third-order valence-corrected chi connectivity index (χ3v) is 6.90. The molecular formula is C29H34N2O3. The van der Waals surface area contributed by atoms with E-state index >= 15 is 0 Å². The highest BCUT2D eigenvalue weighted by Gasteiger charge is 2.22. The zero-order valence-corrected chi connectivity index (χ0v) is 20.0. The number of likely N-dealkylation sites (tertiary alicyclic amines) is 1. The highest BCUT2D eigenvalue weighted by molar-refractivity contribution is 5.95. The molecule has 5 heteroatoms. The molecule has 0 saturated carbocycles. The van der Waals surface area contributed by atoms with Gasteiger partial charge in [-0.1, -0.05) is 43.4 Å². The molecule has 1 amide bonds. The van der Waals surface area contributed by atoms with Crippen LogP contribution in [0.25, 0.3) is 5.57 Å². The monoisotopic (exact) mass is 458 g/mol. The van der Waals surface area contributed by atoms with Crippen molar-refractivity contribution in [3.8, 4) is 11.5 Å². The molecule has 3 aliphatic rings. The van der Waals surface area contributed by atoms with Crippen molar-refractivity contribution in [1.29, 1.82) is 0 Å². The number of benzene rings is 2. The van der Waals surface area contributed by atoms with Crippen LogP contribution in [0.3, 0.4) is 0 Å². The van der Waals surface area contributed by atoms with E-state index in [0.29, 0.717) is 24.7 Å². The lowest BCUT2D eigenvalue weighted by Gasteiger charge is -2.25. The molecule has 2 aliphatic heterocycles. The molecular weight excluding hydrogens is 424 g/mol. The summed E-state index contributed by atoms with van der Waals surface area (Å²) in [5.74, 6) is 2.17. The van der Waals surface area contributed by atoms with Crippen LogP contribution in [0.5, 0.6) is 11.5 Å². The smallest absolute Gasteiger partial charge is 0.251 e. The summed E-state index contributed by atoms with van der Waals surface area (Å²) in [6.07, 6.45) is 11.0. The average Bonchev–Trinajstić information content (AvgIpc) is 3.37. The Kier molecular flexibility index (Phi) is 7.00. The zero-order valence-electron chi connectivity index (χ0n) is 20.0. The average molecular weight is 459 g/mol. The van der Waals surface area contributed by atoms with E-state index in [1.807, 2.05) is 18.2 Å². The number of fused-ring (bicyclic) bond motifs is 1. The number of nitrogens with one attached hydrogen (secondary N) is 1. The summed E-state index contributed by atoms with van der Waals surface area (Å²) in [5.41, 5.74) is 4.24. The van der Waals surface area contributed by atoms with E-state index in [-0.39, 0.29) is 11.9 Å². The highest BCUT2D eigenvalue weighted by atomic mass is 16.6. The lowest BCUT2D eigenvalue weighted by Crippen LogP contribution is -2.44. The molecule has 2 aromatic rings. The second-order valence-corrected chi connectivity index (χ2v) is 9.67. The van der Waals surface area contributed by atoms with Gasteiger partial charge in [0.1, 0.15) is 13.2 Å². The van der Waals surface area contributed by atoms with E-state index in [1.54, 1.807) is 0 Å². The molecule has 5 nitrogen and oxygen atoms in total. The molecule has 2 aromatic carbocycles. The first-order chi connectivity index (χ1) is 16.6. The predicted octanol–water partition coefficient (Wildman–Crippen LogP) is 4.87. The lowest BCUT2D eigenvalue weighted by atomic mass is 9.94. The normalized spacial score (nSPS) is 20.6. The van der Waals surface area contributed by atoms with Crippen LogP contribution in [-0.4, -0.2) is 49.7 Å². The van der Waals surface area contributed by atoms with Gasteiger partial charge in [0.25, 0.3) is 5.91 Å². The fourth-order valence-corrected chi connectivity index (χ4v) is 4.96.